The van der Waals surface area contributed by atoms with Crippen molar-refractivity contribution in [1.29, 1.82) is 0 Å². The Labute approximate surface area is 133 Å². The molecule has 1 aliphatic rings. The molecule has 0 saturated carbocycles. The Morgan fingerprint density at radius 3 is 2.61 bits per heavy atom. The van der Waals surface area contributed by atoms with Gasteiger partial charge in [-0.05, 0) is 24.6 Å². The standard InChI is InChI=1S/C16H16N4O3/c1-18(15-8-7-13(11-17-15)20(22)23)14-9-10-19(16(14)21)12-5-3-2-4-6-12/h2-8,11,14H,9-10H2,1H3/t14-/m1/s1. The molecule has 3 rings (SSSR count). The molecule has 1 aromatic heterocycles. The van der Waals surface area contributed by atoms with Crippen LogP contribution in [0.2, 0.25) is 0 Å². The summed E-state index contributed by atoms with van der Waals surface area (Å²) in [5.41, 5.74) is 0.816. The van der Waals surface area contributed by atoms with E-state index < -0.39 is 4.92 Å². The zero-order valence-electron chi connectivity index (χ0n) is 12.6. The number of nitrogens with zero attached hydrogens (tertiary/aromatic N) is 4. The lowest BCUT2D eigenvalue weighted by atomic mass is 10.2. The number of aromatic nitrogens is 1. The van der Waals surface area contributed by atoms with Crippen LogP contribution in [-0.4, -0.2) is 35.4 Å². The van der Waals surface area contributed by atoms with E-state index in [1.54, 1.807) is 22.9 Å². The largest absolute Gasteiger partial charge is 0.348 e. The highest BCUT2D eigenvalue weighted by Gasteiger charge is 2.35. The quantitative estimate of drug-likeness (QED) is 0.639. The molecule has 0 radical (unpaired) electrons. The molecule has 1 saturated heterocycles. The van der Waals surface area contributed by atoms with Crippen LogP contribution in [0.1, 0.15) is 6.42 Å². The third kappa shape index (κ3) is 2.85. The number of benzene rings is 1. The van der Waals surface area contributed by atoms with Gasteiger partial charge in [-0.15, -0.1) is 0 Å². The van der Waals surface area contributed by atoms with Gasteiger partial charge in [-0.1, -0.05) is 18.2 Å². The van der Waals surface area contributed by atoms with Crippen molar-refractivity contribution in [2.75, 3.05) is 23.4 Å². The first kappa shape index (κ1) is 15.0. The monoisotopic (exact) mass is 312 g/mol. The van der Waals surface area contributed by atoms with Crippen LogP contribution in [0.3, 0.4) is 0 Å². The van der Waals surface area contributed by atoms with E-state index in [1.807, 2.05) is 30.3 Å². The third-order valence-electron chi connectivity index (χ3n) is 4.02. The lowest BCUT2D eigenvalue weighted by Crippen LogP contribution is -2.40. The molecule has 2 aromatic rings. The molecule has 0 bridgehead atoms. The molecule has 2 heterocycles. The first-order valence-corrected chi connectivity index (χ1v) is 7.27. The number of nitro groups is 1. The molecule has 1 amide bonds. The van der Waals surface area contributed by atoms with Crippen LogP contribution < -0.4 is 9.80 Å². The highest BCUT2D eigenvalue weighted by atomic mass is 16.6. The van der Waals surface area contributed by atoms with E-state index in [2.05, 4.69) is 4.98 Å². The van der Waals surface area contributed by atoms with Crippen LogP contribution in [0.5, 0.6) is 0 Å². The Morgan fingerprint density at radius 2 is 2.00 bits per heavy atom. The molecule has 7 nitrogen and oxygen atoms in total. The Kier molecular flexibility index (Phi) is 3.92. The third-order valence-corrected chi connectivity index (χ3v) is 4.02. The maximum Gasteiger partial charge on any atom is 0.287 e. The van der Waals surface area contributed by atoms with Gasteiger partial charge in [0.2, 0.25) is 5.91 Å². The lowest BCUT2D eigenvalue weighted by Gasteiger charge is -2.24. The van der Waals surface area contributed by atoms with E-state index >= 15 is 0 Å². The van der Waals surface area contributed by atoms with Gasteiger partial charge in [0.25, 0.3) is 5.69 Å². The van der Waals surface area contributed by atoms with E-state index in [9.17, 15) is 14.9 Å². The Morgan fingerprint density at radius 1 is 1.26 bits per heavy atom. The lowest BCUT2D eigenvalue weighted by molar-refractivity contribution is -0.385. The number of rotatable bonds is 4. The van der Waals surface area contributed by atoms with E-state index in [-0.39, 0.29) is 17.6 Å². The summed E-state index contributed by atoms with van der Waals surface area (Å²) in [7, 11) is 1.78. The van der Waals surface area contributed by atoms with Gasteiger partial charge in [0.05, 0.1) is 4.92 Å². The zero-order chi connectivity index (χ0) is 16.4. The molecular formula is C16H16N4O3. The van der Waals surface area contributed by atoms with Crippen molar-refractivity contribution < 1.29 is 9.72 Å². The van der Waals surface area contributed by atoms with E-state index in [0.717, 1.165) is 5.69 Å². The number of pyridine rings is 1. The number of hydrogen-bond donors (Lipinski definition) is 0. The highest BCUT2D eigenvalue weighted by molar-refractivity contribution is 6.01. The molecule has 118 valence electrons. The second-order valence-electron chi connectivity index (χ2n) is 5.37. The van der Waals surface area contributed by atoms with Gasteiger partial charge in [0.15, 0.2) is 0 Å². The zero-order valence-corrected chi connectivity index (χ0v) is 12.6. The van der Waals surface area contributed by atoms with Crippen molar-refractivity contribution in [3.8, 4) is 0 Å². The Bertz CT molecular complexity index is 718. The smallest absolute Gasteiger partial charge is 0.287 e. The van der Waals surface area contributed by atoms with Crippen LogP contribution in [-0.2, 0) is 4.79 Å². The van der Waals surface area contributed by atoms with Crippen LogP contribution in [0.4, 0.5) is 17.2 Å². The Hall–Kier alpha value is -2.96. The van der Waals surface area contributed by atoms with Gasteiger partial charge in [-0.25, -0.2) is 4.98 Å². The molecular weight excluding hydrogens is 296 g/mol. The molecule has 1 aliphatic heterocycles. The van der Waals surface area contributed by atoms with Gasteiger partial charge >= 0.3 is 0 Å². The average Bonchev–Trinajstić information content (AvgIpc) is 2.96. The number of carbonyl (C=O) groups is 1. The van der Waals surface area contributed by atoms with Gasteiger partial charge in [0.1, 0.15) is 18.1 Å². The van der Waals surface area contributed by atoms with Crippen molar-refractivity contribution in [1.82, 2.24) is 4.98 Å². The van der Waals surface area contributed by atoms with Crippen molar-refractivity contribution in [3.63, 3.8) is 0 Å². The van der Waals surface area contributed by atoms with Gasteiger partial charge < -0.3 is 9.80 Å². The van der Waals surface area contributed by atoms with Crippen molar-refractivity contribution >= 4 is 23.1 Å². The van der Waals surface area contributed by atoms with Gasteiger partial charge in [0, 0.05) is 25.3 Å². The van der Waals surface area contributed by atoms with Crippen molar-refractivity contribution in [2.45, 2.75) is 12.5 Å². The predicted octanol–water partition coefficient (Wildman–Crippen LogP) is 2.23. The molecule has 1 atom stereocenters. The summed E-state index contributed by atoms with van der Waals surface area (Å²) >= 11 is 0. The summed E-state index contributed by atoms with van der Waals surface area (Å²) in [5.74, 6) is 0.558. The maximum absolute atomic E-state index is 12.6. The molecule has 0 N–H and O–H groups in total. The number of likely N-dealkylation sites (N-methyl/N-ethyl adjacent to an activating group) is 1. The van der Waals surface area contributed by atoms with Crippen LogP contribution in [0.15, 0.2) is 48.7 Å². The fourth-order valence-corrected chi connectivity index (χ4v) is 2.74. The predicted molar refractivity (Wildman–Crippen MR) is 86.5 cm³/mol. The van der Waals surface area contributed by atoms with Gasteiger partial charge in [-0.2, -0.15) is 0 Å². The topological polar surface area (TPSA) is 79.6 Å². The summed E-state index contributed by atoms with van der Waals surface area (Å²) in [6.45, 7) is 0.644. The van der Waals surface area contributed by atoms with E-state index in [1.165, 1.54) is 12.3 Å². The minimum atomic E-state index is -0.491. The van der Waals surface area contributed by atoms with Gasteiger partial charge in [-0.3, -0.25) is 14.9 Å². The van der Waals surface area contributed by atoms with Crippen molar-refractivity contribution in [3.05, 3.63) is 58.8 Å². The maximum atomic E-state index is 12.6. The minimum absolute atomic E-state index is 0.0128. The van der Waals surface area contributed by atoms with Crippen LogP contribution in [0.25, 0.3) is 0 Å². The second-order valence-corrected chi connectivity index (χ2v) is 5.37. The second kappa shape index (κ2) is 6.04. The van der Waals surface area contributed by atoms with Crippen LogP contribution in [0, 0.1) is 10.1 Å². The fraction of sp³-hybridized carbons (Fsp3) is 0.250. The van der Waals surface area contributed by atoms with E-state index in [4.69, 9.17) is 0 Å². The summed E-state index contributed by atoms with van der Waals surface area (Å²) in [6, 6.07) is 12.2. The Balaban J connectivity index is 1.77. The number of para-hydroxylation sites is 1. The highest BCUT2D eigenvalue weighted by Crippen LogP contribution is 2.26. The molecule has 1 fully saturated rings. The first-order chi connectivity index (χ1) is 11.1. The molecule has 0 aliphatic carbocycles. The number of hydrogen-bond acceptors (Lipinski definition) is 5. The molecule has 0 unspecified atom stereocenters. The van der Waals surface area contributed by atoms with Crippen molar-refractivity contribution in [2.24, 2.45) is 0 Å². The van der Waals surface area contributed by atoms with E-state index in [0.29, 0.717) is 18.8 Å². The normalized spacial score (nSPS) is 17.3. The molecule has 1 aromatic carbocycles. The van der Waals surface area contributed by atoms with Crippen LogP contribution >= 0.6 is 0 Å². The molecule has 0 spiro atoms. The number of anilines is 2. The molecule has 23 heavy (non-hydrogen) atoms. The SMILES string of the molecule is CN(c1ccc([N+](=O)[O-])cn1)[C@@H]1CCN(c2ccccc2)C1=O. The minimum Gasteiger partial charge on any atom is -0.348 e. The number of amides is 1. The number of carbonyl (C=O) groups excluding carboxylic acids is 1. The summed E-state index contributed by atoms with van der Waals surface area (Å²) in [4.78, 5) is 30.5. The molecule has 7 heteroatoms. The first-order valence-electron chi connectivity index (χ1n) is 7.27. The average molecular weight is 312 g/mol. The summed E-state index contributed by atoms with van der Waals surface area (Å²) in [5, 5.41) is 10.7. The summed E-state index contributed by atoms with van der Waals surface area (Å²) < 4.78 is 0. The fourth-order valence-electron chi connectivity index (χ4n) is 2.74. The summed E-state index contributed by atoms with van der Waals surface area (Å²) in [6.07, 6.45) is 1.89.